The minimum absolute atomic E-state index is 0.169. The molecule has 3 rings (SSSR count). The van der Waals surface area contributed by atoms with E-state index in [0.29, 0.717) is 11.3 Å². The molecule has 0 atom stereocenters. The molecule has 0 radical (unpaired) electrons. The number of aromatic nitrogens is 2. The van der Waals surface area contributed by atoms with Crippen LogP contribution in [0.1, 0.15) is 12.5 Å². The second-order valence-electron chi connectivity index (χ2n) is 4.38. The standard InChI is InChI=1S/C15H12F2N2/c1-2-9-5-3-4-6-11(9)15-18-13-8-10(16)7-12(17)14(13)19-15/h3-8H,2H2,1H3,(H,18,19). The van der Waals surface area contributed by atoms with E-state index in [1.807, 2.05) is 31.2 Å². The quantitative estimate of drug-likeness (QED) is 0.737. The van der Waals surface area contributed by atoms with Crippen LogP contribution in [0.4, 0.5) is 8.78 Å². The van der Waals surface area contributed by atoms with E-state index in [9.17, 15) is 8.78 Å². The summed E-state index contributed by atoms with van der Waals surface area (Å²) in [6, 6.07) is 9.87. The van der Waals surface area contributed by atoms with Crippen LogP contribution < -0.4 is 0 Å². The minimum atomic E-state index is -0.647. The smallest absolute Gasteiger partial charge is 0.153 e. The van der Waals surface area contributed by atoms with Crippen LogP contribution in [0.3, 0.4) is 0 Å². The van der Waals surface area contributed by atoms with E-state index in [1.54, 1.807) is 0 Å². The van der Waals surface area contributed by atoms with Crippen LogP contribution in [0, 0.1) is 11.6 Å². The predicted molar refractivity (Wildman–Crippen MR) is 70.8 cm³/mol. The highest BCUT2D eigenvalue weighted by atomic mass is 19.1. The van der Waals surface area contributed by atoms with E-state index >= 15 is 0 Å². The zero-order chi connectivity index (χ0) is 13.4. The molecule has 1 aromatic heterocycles. The van der Waals surface area contributed by atoms with Gasteiger partial charge in [-0.25, -0.2) is 13.8 Å². The summed E-state index contributed by atoms with van der Waals surface area (Å²) in [5.74, 6) is -0.688. The number of benzene rings is 2. The molecule has 0 aliphatic carbocycles. The fraction of sp³-hybridized carbons (Fsp3) is 0.133. The van der Waals surface area contributed by atoms with E-state index in [2.05, 4.69) is 9.97 Å². The fourth-order valence-corrected chi connectivity index (χ4v) is 2.23. The van der Waals surface area contributed by atoms with Crippen molar-refractivity contribution in [1.82, 2.24) is 9.97 Å². The maximum Gasteiger partial charge on any atom is 0.153 e. The molecule has 1 N–H and O–H groups in total. The van der Waals surface area contributed by atoms with Crippen molar-refractivity contribution >= 4 is 11.0 Å². The van der Waals surface area contributed by atoms with Crippen molar-refractivity contribution in [3.05, 3.63) is 53.6 Å². The van der Waals surface area contributed by atoms with E-state index in [-0.39, 0.29) is 5.52 Å². The van der Waals surface area contributed by atoms with Gasteiger partial charge in [-0.05, 0) is 18.1 Å². The summed E-state index contributed by atoms with van der Waals surface area (Å²) in [6.45, 7) is 2.04. The predicted octanol–water partition coefficient (Wildman–Crippen LogP) is 4.07. The average Bonchev–Trinajstić information content (AvgIpc) is 2.82. The second kappa shape index (κ2) is 4.46. The first-order chi connectivity index (χ1) is 9.19. The largest absolute Gasteiger partial charge is 0.338 e. The molecule has 96 valence electrons. The van der Waals surface area contributed by atoms with E-state index in [1.165, 1.54) is 6.07 Å². The third kappa shape index (κ3) is 1.99. The molecule has 1 heterocycles. The van der Waals surface area contributed by atoms with Crippen molar-refractivity contribution in [2.75, 3.05) is 0 Å². The Bertz CT molecular complexity index is 747. The molecule has 0 saturated heterocycles. The molecule has 0 aliphatic heterocycles. The number of imidazole rings is 1. The summed E-state index contributed by atoms with van der Waals surface area (Å²) in [7, 11) is 0. The molecular formula is C15H12F2N2. The number of aryl methyl sites for hydroxylation is 1. The van der Waals surface area contributed by atoms with Gasteiger partial charge in [0.1, 0.15) is 17.2 Å². The molecule has 0 saturated carbocycles. The molecule has 0 bridgehead atoms. The van der Waals surface area contributed by atoms with Gasteiger partial charge in [-0.3, -0.25) is 0 Å². The van der Waals surface area contributed by atoms with Gasteiger partial charge in [0.05, 0.1) is 5.52 Å². The summed E-state index contributed by atoms with van der Waals surface area (Å²) in [4.78, 5) is 7.21. The fourth-order valence-electron chi connectivity index (χ4n) is 2.23. The van der Waals surface area contributed by atoms with Gasteiger partial charge in [0.25, 0.3) is 0 Å². The lowest BCUT2D eigenvalue weighted by Gasteiger charge is -2.03. The van der Waals surface area contributed by atoms with Crippen LogP contribution in [-0.4, -0.2) is 9.97 Å². The first kappa shape index (κ1) is 11.8. The first-order valence-corrected chi connectivity index (χ1v) is 6.12. The zero-order valence-electron chi connectivity index (χ0n) is 10.4. The zero-order valence-corrected chi connectivity index (χ0v) is 10.4. The molecule has 0 aliphatic rings. The van der Waals surface area contributed by atoms with Crippen LogP contribution >= 0.6 is 0 Å². The van der Waals surface area contributed by atoms with Crippen molar-refractivity contribution in [2.24, 2.45) is 0 Å². The number of hydrogen-bond acceptors (Lipinski definition) is 1. The molecule has 0 unspecified atom stereocenters. The minimum Gasteiger partial charge on any atom is -0.338 e. The van der Waals surface area contributed by atoms with Gasteiger partial charge in [0, 0.05) is 11.6 Å². The number of hydrogen-bond donors (Lipinski definition) is 1. The summed E-state index contributed by atoms with van der Waals surface area (Å²) in [6.07, 6.45) is 0.851. The molecule has 0 spiro atoms. The van der Waals surface area contributed by atoms with Gasteiger partial charge in [-0.1, -0.05) is 31.2 Å². The topological polar surface area (TPSA) is 28.7 Å². The summed E-state index contributed by atoms with van der Waals surface area (Å²) in [5.41, 5.74) is 2.57. The van der Waals surface area contributed by atoms with Gasteiger partial charge in [0.15, 0.2) is 5.82 Å². The van der Waals surface area contributed by atoms with Gasteiger partial charge in [-0.2, -0.15) is 0 Å². The molecule has 3 aromatic rings. The average molecular weight is 258 g/mol. The Kier molecular flexibility index (Phi) is 2.78. The van der Waals surface area contributed by atoms with Gasteiger partial charge < -0.3 is 4.98 Å². The Morgan fingerprint density at radius 2 is 1.95 bits per heavy atom. The van der Waals surface area contributed by atoms with Crippen molar-refractivity contribution < 1.29 is 8.78 Å². The Morgan fingerprint density at radius 3 is 2.74 bits per heavy atom. The molecule has 4 heteroatoms. The lowest BCUT2D eigenvalue weighted by atomic mass is 10.1. The molecule has 2 aromatic carbocycles. The van der Waals surface area contributed by atoms with Crippen LogP contribution in [-0.2, 0) is 6.42 Å². The lowest BCUT2D eigenvalue weighted by Crippen LogP contribution is -1.88. The number of aromatic amines is 1. The van der Waals surface area contributed by atoms with Crippen LogP contribution in [0.5, 0.6) is 0 Å². The number of H-pyrrole nitrogens is 1. The van der Waals surface area contributed by atoms with Gasteiger partial charge in [-0.15, -0.1) is 0 Å². The highest BCUT2D eigenvalue weighted by molar-refractivity contribution is 5.80. The highest BCUT2D eigenvalue weighted by Crippen LogP contribution is 2.25. The SMILES string of the molecule is CCc1ccccc1-c1nc2c(F)cc(F)cc2[nH]1. The normalized spacial score (nSPS) is 11.1. The van der Waals surface area contributed by atoms with Crippen molar-refractivity contribution in [3.8, 4) is 11.4 Å². The molecular weight excluding hydrogens is 246 g/mol. The maximum atomic E-state index is 13.6. The van der Waals surface area contributed by atoms with E-state index in [0.717, 1.165) is 23.6 Å². The number of fused-ring (bicyclic) bond motifs is 1. The summed E-state index contributed by atoms with van der Waals surface area (Å²) >= 11 is 0. The summed E-state index contributed by atoms with van der Waals surface area (Å²) in [5, 5.41) is 0. The highest BCUT2D eigenvalue weighted by Gasteiger charge is 2.12. The molecule has 0 amide bonds. The van der Waals surface area contributed by atoms with Crippen molar-refractivity contribution in [3.63, 3.8) is 0 Å². The molecule has 19 heavy (non-hydrogen) atoms. The van der Waals surface area contributed by atoms with Gasteiger partial charge >= 0.3 is 0 Å². The Hall–Kier alpha value is -2.23. The Morgan fingerprint density at radius 1 is 1.16 bits per heavy atom. The lowest BCUT2D eigenvalue weighted by molar-refractivity contribution is 0.591. The van der Waals surface area contributed by atoms with Crippen LogP contribution in [0.2, 0.25) is 0 Å². The first-order valence-electron chi connectivity index (χ1n) is 6.12. The monoisotopic (exact) mass is 258 g/mol. The molecule has 0 fully saturated rings. The third-order valence-corrected chi connectivity index (χ3v) is 3.16. The van der Waals surface area contributed by atoms with Crippen LogP contribution in [0.15, 0.2) is 36.4 Å². The number of rotatable bonds is 2. The third-order valence-electron chi connectivity index (χ3n) is 3.16. The van der Waals surface area contributed by atoms with E-state index < -0.39 is 11.6 Å². The van der Waals surface area contributed by atoms with Gasteiger partial charge in [0.2, 0.25) is 0 Å². The number of halogens is 2. The Balaban J connectivity index is 2.23. The number of nitrogens with zero attached hydrogens (tertiary/aromatic N) is 1. The maximum absolute atomic E-state index is 13.6. The van der Waals surface area contributed by atoms with E-state index in [4.69, 9.17) is 0 Å². The summed E-state index contributed by atoms with van der Waals surface area (Å²) < 4.78 is 26.8. The molecule has 2 nitrogen and oxygen atoms in total. The number of nitrogens with one attached hydrogen (secondary N) is 1. The van der Waals surface area contributed by atoms with Crippen molar-refractivity contribution in [1.29, 1.82) is 0 Å². The van der Waals surface area contributed by atoms with Crippen molar-refractivity contribution in [2.45, 2.75) is 13.3 Å². The second-order valence-corrected chi connectivity index (χ2v) is 4.38. The van der Waals surface area contributed by atoms with Crippen LogP contribution in [0.25, 0.3) is 22.4 Å². The Labute approximate surface area is 109 Å².